The number of rotatable bonds is 5. The molecule has 23 heavy (non-hydrogen) atoms. The highest BCUT2D eigenvalue weighted by Gasteiger charge is 2.20. The Hall–Kier alpha value is -1.59. The lowest BCUT2D eigenvalue weighted by Crippen LogP contribution is -2.32. The molecule has 0 unspecified atom stereocenters. The van der Waals surface area contributed by atoms with Gasteiger partial charge in [-0.3, -0.25) is 9.00 Å². The minimum absolute atomic E-state index is 0.194. The van der Waals surface area contributed by atoms with E-state index in [1.807, 2.05) is 0 Å². The van der Waals surface area contributed by atoms with Crippen LogP contribution < -0.4 is 5.32 Å². The Morgan fingerprint density at radius 3 is 2.57 bits per heavy atom. The number of halogens is 1. The Labute approximate surface area is 142 Å². The molecule has 1 amide bonds. The van der Waals surface area contributed by atoms with E-state index in [4.69, 9.17) is 16.0 Å². The predicted octanol–water partition coefficient (Wildman–Crippen LogP) is 3.91. The van der Waals surface area contributed by atoms with Gasteiger partial charge in [-0.2, -0.15) is 0 Å². The van der Waals surface area contributed by atoms with Crippen molar-refractivity contribution in [3.8, 4) is 0 Å². The summed E-state index contributed by atoms with van der Waals surface area (Å²) >= 11 is 5.82. The van der Waals surface area contributed by atoms with E-state index in [1.165, 1.54) is 0 Å². The summed E-state index contributed by atoms with van der Waals surface area (Å²) in [6, 6.07) is 10.5. The molecule has 3 rings (SSSR count). The maximum atomic E-state index is 12.3. The zero-order valence-corrected chi connectivity index (χ0v) is 14.2. The van der Waals surface area contributed by atoms with Crippen LogP contribution in [0.25, 0.3) is 0 Å². The lowest BCUT2D eigenvalue weighted by atomic mass is 10.2. The van der Waals surface area contributed by atoms with Crippen LogP contribution >= 0.6 is 11.6 Å². The van der Waals surface area contributed by atoms with Gasteiger partial charge in [-0.05, 0) is 49.2 Å². The van der Waals surface area contributed by atoms with Crippen LogP contribution in [0.4, 0.5) is 0 Å². The normalized spacial score (nSPS) is 16.4. The molecule has 0 bridgehead atoms. The monoisotopic (exact) mass is 351 g/mol. The molecule has 1 aromatic carbocycles. The molecule has 0 saturated heterocycles. The van der Waals surface area contributed by atoms with Crippen molar-refractivity contribution < 1.29 is 13.4 Å². The average molecular weight is 352 g/mol. The SMILES string of the molecule is O=C(NC1CCCC1)c1ccc(C[S@@](=O)c2ccc(Cl)cc2)o1. The summed E-state index contributed by atoms with van der Waals surface area (Å²) in [5.74, 6) is 0.855. The van der Waals surface area contributed by atoms with E-state index in [1.54, 1.807) is 36.4 Å². The Morgan fingerprint density at radius 1 is 1.17 bits per heavy atom. The number of hydrogen-bond donors (Lipinski definition) is 1. The minimum atomic E-state index is -1.23. The van der Waals surface area contributed by atoms with Crippen molar-refractivity contribution in [1.29, 1.82) is 0 Å². The highest BCUT2D eigenvalue weighted by atomic mass is 35.5. The molecule has 6 heteroatoms. The molecule has 1 N–H and O–H groups in total. The molecule has 0 spiro atoms. The summed E-state index contributed by atoms with van der Waals surface area (Å²) in [5, 5.41) is 3.58. The summed E-state index contributed by atoms with van der Waals surface area (Å²) in [4.78, 5) is 12.8. The molecule has 1 aromatic heterocycles. The Kier molecular flexibility index (Phi) is 5.18. The Bertz CT molecular complexity index is 705. The minimum Gasteiger partial charge on any atom is -0.455 e. The first-order chi connectivity index (χ1) is 11.1. The lowest BCUT2D eigenvalue weighted by Gasteiger charge is -2.09. The van der Waals surface area contributed by atoms with Gasteiger partial charge >= 0.3 is 0 Å². The van der Waals surface area contributed by atoms with Crippen molar-refractivity contribution in [1.82, 2.24) is 5.32 Å². The van der Waals surface area contributed by atoms with Crippen molar-refractivity contribution in [2.45, 2.75) is 42.4 Å². The maximum absolute atomic E-state index is 12.3. The van der Waals surface area contributed by atoms with Crippen LogP contribution in [0.5, 0.6) is 0 Å². The van der Waals surface area contributed by atoms with E-state index in [0.29, 0.717) is 15.7 Å². The smallest absolute Gasteiger partial charge is 0.287 e. The highest BCUT2D eigenvalue weighted by Crippen LogP contribution is 2.20. The van der Waals surface area contributed by atoms with Crippen LogP contribution in [0.3, 0.4) is 0 Å². The average Bonchev–Trinajstić information content (AvgIpc) is 3.19. The standard InChI is InChI=1S/C17H18ClNO3S/c18-12-5-8-15(9-6-12)23(21)11-14-7-10-16(22-14)17(20)19-13-3-1-2-4-13/h5-10,13H,1-4,11H2,(H,19,20)/t23-/m1/s1. The molecule has 122 valence electrons. The van der Waals surface area contributed by atoms with Crippen molar-refractivity contribution in [3.05, 3.63) is 52.9 Å². The number of carbonyl (C=O) groups is 1. The van der Waals surface area contributed by atoms with E-state index < -0.39 is 10.8 Å². The lowest BCUT2D eigenvalue weighted by molar-refractivity contribution is 0.0908. The molecule has 1 saturated carbocycles. The van der Waals surface area contributed by atoms with E-state index >= 15 is 0 Å². The van der Waals surface area contributed by atoms with Crippen molar-refractivity contribution in [3.63, 3.8) is 0 Å². The third-order valence-corrected chi connectivity index (χ3v) is 5.52. The van der Waals surface area contributed by atoms with Gasteiger partial charge in [-0.15, -0.1) is 0 Å². The predicted molar refractivity (Wildman–Crippen MR) is 90.0 cm³/mol. The molecule has 1 aliphatic carbocycles. The van der Waals surface area contributed by atoms with Gasteiger partial charge in [0.1, 0.15) is 5.76 Å². The summed E-state index contributed by atoms with van der Waals surface area (Å²) in [6.07, 6.45) is 4.38. The third-order valence-electron chi connectivity index (χ3n) is 3.93. The quantitative estimate of drug-likeness (QED) is 0.888. The van der Waals surface area contributed by atoms with Crippen molar-refractivity contribution in [2.75, 3.05) is 0 Å². The first kappa shape index (κ1) is 16.3. The van der Waals surface area contributed by atoms with Crippen LogP contribution in [0.1, 0.15) is 42.0 Å². The first-order valence-electron chi connectivity index (χ1n) is 7.65. The second-order valence-corrected chi connectivity index (χ2v) is 7.55. The zero-order chi connectivity index (χ0) is 16.2. The van der Waals surface area contributed by atoms with Gasteiger partial charge in [0.2, 0.25) is 0 Å². The van der Waals surface area contributed by atoms with Crippen LogP contribution in [0.2, 0.25) is 5.02 Å². The molecule has 0 aliphatic heterocycles. The van der Waals surface area contributed by atoms with Gasteiger partial charge in [0.25, 0.3) is 5.91 Å². The molecule has 1 atom stereocenters. The van der Waals surface area contributed by atoms with Crippen LogP contribution in [-0.4, -0.2) is 16.2 Å². The molecule has 0 radical (unpaired) electrons. The zero-order valence-electron chi connectivity index (χ0n) is 12.6. The van der Waals surface area contributed by atoms with Crippen LogP contribution in [0.15, 0.2) is 45.7 Å². The van der Waals surface area contributed by atoms with Gasteiger partial charge in [0, 0.05) is 16.0 Å². The second kappa shape index (κ2) is 7.32. The van der Waals surface area contributed by atoms with Gasteiger partial charge < -0.3 is 9.73 Å². The molecular formula is C17H18ClNO3S. The van der Waals surface area contributed by atoms with Crippen LogP contribution in [0, 0.1) is 0 Å². The van der Waals surface area contributed by atoms with E-state index in [0.717, 1.165) is 25.7 Å². The summed E-state index contributed by atoms with van der Waals surface area (Å²) in [7, 11) is -1.23. The van der Waals surface area contributed by atoms with Gasteiger partial charge in [-0.1, -0.05) is 24.4 Å². The number of furan rings is 1. The van der Waals surface area contributed by atoms with Crippen LogP contribution in [-0.2, 0) is 16.6 Å². The van der Waals surface area contributed by atoms with Gasteiger partial charge in [0.15, 0.2) is 5.76 Å². The maximum Gasteiger partial charge on any atom is 0.287 e. The second-order valence-electron chi connectivity index (χ2n) is 5.66. The third kappa shape index (κ3) is 4.24. The molecule has 1 aliphatic rings. The number of benzene rings is 1. The van der Waals surface area contributed by atoms with Gasteiger partial charge in [-0.25, -0.2) is 0 Å². The molecule has 2 aromatic rings. The fourth-order valence-corrected chi connectivity index (χ4v) is 3.85. The topological polar surface area (TPSA) is 59.3 Å². The summed E-state index contributed by atoms with van der Waals surface area (Å²) < 4.78 is 17.8. The number of nitrogens with one attached hydrogen (secondary N) is 1. The first-order valence-corrected chi connectivity index (χ1v) is 9.35. The number of hydrogen-bond acceptors (Lipinski definition) is 3. The Balaban J connectivity index is 1.61. The number of carbonyl (C=O) groups excluding carboxylic acids is 1. The fraction of sp³-hybridized carbons (Fsp3) is 0.353. The van der Waals surface area contributed by atoms with E-state index in [9.17, 15) is 9.00 Å². The van der Waals surface area contributed by atoms with Crippen molar-refractivity contribution >= 4 is 28.3 Å². The van der Waals surface area contributed by atoms with Crippen molar-refractivity contribution in [2.24, 2.45) is 0 Å². The Morgan fingerprint density at radius 2 is 1.87 bits per heavy atom. The number of amides is 1. The van der Waals surface area contributed by atoms with E-state index in [-0.39, 0.29) is 23.5 Å². The molecule has 1 fully saturated rings. The fourth-order valence-electron chi connectivity index (χ4n) is 2.70. The highest BCUT2D eigenvalue weighted by molar-refractivity contribution is 7.84. The molecule has 4 nitrogen and oxygen atoms in total. The summed E-state index contributed by atoms with van der Waals surface area (Å²) in [6.45, 7) is 0. The van der Waals surface area contributed by atoms with E-state index in [2.05, 4.69) is 5.32 Å². The molecule has 1 heterocycles. The molecular weight excluding hydrogens is 334 g/mol. The van der Waals surface area contributed by atoms with Gasteiger partial charge in [0.05, 0.1) is 16.6 Å². The largest absolute Gasteiger partial charge is 0.455 e. The summed E-state index contributed by atoms with van der Waals surface area (Å²) in [5.41, 5.74) is 0.